The summed E-state index contributed by atoms with van der Waals surface area (Å²) >= 11 is 1.50. The second kappa shape index (κ2) is 7.62. The van der Waals surface area contributed by atoms with Crippen LogP contribution in [0.1, 0.15) is 26.3 Å². The van der Waals surface area contributed by atoms with Crippen LogP contribution in [0.2, 0.25) is 0 Å². The van der Waals surface area contributed by atoms with Crippen molar-refractivity contribution < 1.29 is 9.59 Å². The van der Waals surface area contributed by atoms with Gasteiger partial charge in [-0.05, 0) is 24.3 Å². The Bertz CT molecular complexity index is 1220. The zero-order chi connectivity index (χ0) is 19.5. The van der Waals surface area contributed by atoms with Crippen LogP contribution in [-0.4, -0.2) is 16.3 Å². The number of aromatic nitrogens is 1. The van der Waals surface area contributed by atoms with E-state index in [9.17, 15) is 9.59 Å². The Kier molecular flexibility index (Phi) is 4.87. The molecule has 6 heteroatoms. The number of thiazole rings is 1. The molecule has 138 valence electrons. The topological polar surface area (TPSA) is 63.5 Å². The molecule has 1 amide bonds. The molecule has 4 aromatic rings. The molecule has 0 radical (unpaired) electrons. The van der Waals surface area contributed by atoms with E-state index in [0.29, 0.717) is 21.5 Å². The zero-order valence-corrected chi connectivity index (χ0v) is 15.9. The first-order chi connectivity index (χ1) is 13.6. The van der Waals surface area contributed by atoms with E-state index in [1.807, 2.05) is 54.1 Å². The summed E-state index contributed by atoms with van der Waals surface area (Å²) in [5.74, 6) is -0.397. The number of carbonyl (C=O) groups is 2. The summed E-state index contributed by atoms with van der Waals surface area (Å²) in [5, 5.41) is 4.24. The van der Waals surface area contributed by atoms with Crippen LogP contribution >= 0.6 is 11.3 Å². The Morgan fingerprint density at radius 1 is 0.821 bits per heavy atom. The fraction of sp³-hybridized carbons (Fsp3) is 0.0455. The van der Waals surface area contributed by atoms with Gasteiger partial charge in [0.1, 0.15) is 0 Å². The number of ketones is 1. The summed E-state index contributed by atoms with van der Waals surface area (Å²) in [6.07, 6.45) is 0. The van der Waals surface area contributed by atoms with Crippen LogP contribution in [0, 0.1) is 0 Å². The van der Waals surface area contributed by atoms with Crippen molar-refractivity contribution in [2.45, 2.75) is 0 Å². The molecule has 0 saturated carbocycles. The van der Waals surface area contributed by atoms with Gasteiger partial charge in [-0.15, -0.1) is 5.10 Å². The lowest BCUT2D eigenvalue weighted by Gasteiger charge is -2.03. The van der Waals surface area contributed by atoms with Crippen LogP contribution < -0.4 is 10.2 Å². The molecule has 3 aromatic carbocycles. The van der Waals surface area contributed by atoms with E-state index in [-0.39, 0.29) is 11.7 Å². The maximum atomic E-state index is 12.4. The fourth-order valence-corrected chi connectivity index (χ4v) is 3.86. The molecule has 0 bridgehead atoms. The van der Waals surface area contributed by atoms with Crippen molar-refractivity contribution in [1.29, 1.82) is 0 Å². The third-order valence-electron chi connectivity index (χ3n) is 4.41. The SMILES string of the molecule is Cn1/c(=N/NC(=O)c2ccc(C(=O)c3ccccc3)cc2)sc2ccccc21. The number of aryl methyl sites for hydroxylation is 1. The van der Waals surface area contributed by atoms with Crippen LogP contribution in [0.3, 0.4) is 0 Å². The monoisotopic (exact) mass is 387 g/mol. The number of nitrogens with one attached hydrogen (secondary N) is 1. The lowest BCUT2D eigenvalue weighted by Crippen LogP contribution is -2.23. The van der Waals surface area contributed by atoms with Gasteiger partial charge in [-0.25, -0.2) is 5.43 Å². The lowest BCUT2D eigenvalue weighted by atomic mass is 10.0. The Morgan fingerprint density at radius 3 is 2.14 bits per heavy atom. The molecular formula is C22H17N3O2S. The van der Waals surface area contributed by atoms with E-state index in [2.05, 4.69) is 10.5 Å². The van der Waals surface area contributed by atoms with E-state index in [0.717, 1.165) is 10.2 Å². The third kappa shape index (κ3) is 3.50. The average molecular weight is 387 g/mol. The van der Waals surface area contributed by atoms with Crippen LogP contribution in [-0.2, 0) is 7.05 Å². The molecule has 0 atom stereocenters. The largest absolute Gasteiger partial charge is 0.318 e. The summed E-state index contributed by atoms with van der Waals surface area (Å²) in [7, 11) is 1.91. The van der Waals surface area contributed by atoms with Crippen LogP contribution in [0.15, 0.2) is 84.0 Å². The maximum absolute atomic E-state index is 12.4. The first-order valence-electron chi connectivity index (χ1n) is 8.72. The second-order valence-corrected chi connectivity index (χ2v) is 7.25. The zero-order valence-electron chi connectivity index (χ0n) is 15.1. The molecule has 1 N–H and O–H groups in total. The van der Waals surface area contributed by atoms with E-state index < -0.39 is 0 Å². The van der Waals surface area contributed by atoms with Crippen LogP contribution in [0.4, 0.5) is 0 Å². The third-order valence-corrected chi connectivity index (χ3v) is 5.53. The number of fused-ring (bicyclic) bond motifs is 1. The number of carbonyl (C=O) groups excluding carboxylic acids is 2. The summed E-state index contributed by atoms with van der Waals surface area (Å²) in [4.78, 5) is 25.5. The maximum Gasteiger partial charge on any atom is 0.271 e. The van der Waals surface area contributed by atoms with Crippen molar-refractivity contribution in [1.82, 2.24) is 9.99 Å². The molecule has 5 nitrogen and oxygen atoms in total. The Balaban J connectivity index is 1.52. The van der Waals surface area contributed by atoms with Crippen LogP contribution in [0.25, 0.3) is 10.2 Å². The minimum Gasteiger partial charge on any atom is -0.318 e. The van der Waals surface area contributed by atoms with Gasteiger partial charge >= 0.3 is 0 Å². The van der Waals surface area contributed by atoms with Gasteiger partial charge in [0.05, 0.1) is 10.2 Å². The first-order valence-corrected chi connectivity index (χ1v) is 9.53. The summed E-state index contributed by atoms with van der Waals surface area (Å²) < 4.78 is 3.03. The van der Waals surface area contributed by atoms with Crippen molar-refractivity contribution in [3.63, 3.8) is 0 Å². The molecule has 0 spiro atoms. The van der Waals surface area contributed by atoms with Crippen molar-refractivity contribution >= 4 is 33.2 Å². The van der Waals surface area contributed by atoms with Gasteiger partial charge in [0.2, 0.25) is 4.80 Å². The number of rotatable bonds is 4. The molecule has 28 heavy (non-hydrogen) atoms. The highest BCUT2D eigenvalue weighted by Crippen LogP contribution is 2.15. The highest BCUT2D eigenvalue weighted by atomic mass is 32.1. The van der Waals surface area contributed by atoms with Gasteiger partial charge in [-0.3, -0.25) is 9.59 Å². The number of para-hydroxylation sites is 1. The van der Waals surface area contributed by atoms with Crippen molar-refractivity contribution in [2.75, 3.05) is 0 Å². The number of nitrogens with zero attached hydrogens (tertiary/aromatic N) is 2. The normalized spacial score (nSPS) is 11.5. The molecule has 0 aliphatic carbocycles. The van der Waals surface area contributed by atoms with Crippen molar-refractivity contribution in [3.05, 3.63) is 100 Å². The molecule has 1 aromatic heterocycles. The lowest BCUT2D eigenvalue weighted by molar-refractivity contribution is 0.0951. The Labute approximate surface area is 165 Å². The van der Waals surface area contributed by atoms with E-state index in [4.69, 9.17) is 0 Å². The molecule has 0 aliphatic rings. The number of amides is 1. The standard InChI is InChI=1S/C22H17N3O2S/c1-25-18-9-5-6-10-19(18)28-22(25)24-23-21(27)17-13-11-16(12-14-17)20(26)15-7-3-2-4-8-15/h2-14H,1H3,(H,23,27)/b24-22-. The molecule has 0 unspecified atom stereocenters. The van der Waals surface area contributed by atoms with Crippen molar-refractivity contribution in [3.8, 4) is 0 Å². The Morgan fingerprint density at radius 2 is 1.43 bits per heavy atom. The highest BCUT2D eigenvalue weighted by Gasteiger charge is 2.10. The highest BCUT2D eigenvalue weighted by molar-refractivity contribution is 7.16. The predicted molar refractivity (Wildman–Crippen MR) is 110 cm³/mol. The fourth-order valence-electron chi connectivity index (χ4n) is 2.88. The summed E-state index contributed by atoms with van der Waals surface area (Å²) in [5.41, 5.74) is 5.24. The molecule has 0 saturated heterocycles. The number of benzene rings is 3. The number of hydrogen-bond donors (Lipinski definition) is 1. The minimum absolute atomic E-state index is 0.0745. The van der Waals surface area contributed by atoms with Gasteiger partial charge in [-0.2, -0.15) is 0 Å². The van der Waals surface area contributed by atoms with Gasteiger partial charge < -0.3 is 4.57 Å². The van der Waals surface area contributed by atoms with Gasteiger partial charge in [0.25, 0.3) is 5.91 Å². The molecule has 4 rings (SSSR count). The second-order valence-electron chi connectivity index (χ2n) is 6.24. The quantitative estimate of drug-likeness (QED) is 0.429. The van der Waals surface area contributed by atoms with Crippen molar-refractivity contribution in [2.24, 2.45) is 12.1 Å². The molecule has 0 fully saturated rings. The molecular weight excluding hydrogens is 370 g/mol. The van der Waals surface area contributed by atoms with E-state index in [1.54, 1.807) is 36.4 Å². The van der Waals surface area contributed by atoms with Crippen LogP contribution in [0.5, 0.6) is 0 Å². The van der Waals surface area contributed by atoms with Gasteiger partial charge in [-0.1, -0.05) is 65.9 Å². The predicted octanol–water partition coefficient (Wildman–Crippen LogP) is 3.72. The summed E-state index contributed by atoms with van der Waals surface area (Å²) in [6.45, 7) is 0. The Hall–Kier alpha value is -3.51. The number of hydrogen-bond acceptors (Lipinski definition) is 4. The first kappa shape index (κ1) is 17.9. The van der Waals surface area contributed by atoms with E-state index in [1.165, 1.54) is 11.3 Å². The summed E-state index contributed by atoms with van der Waals surface area (Å²) in [6, 6.07) is 23.6. The molecule has 1 heterocycles. The molecule has 0 aliphatic heterocycles. The van der Waals surface area contributed by atoms with Gasteiger partial charge in [0.15, 0.2) is 5.78 Å². The van der Waals surface area contributed by atoms with Gasteiger partial charge in [0, 0.05) is 23.7 Å². The van der Waals surface area contributed by atoms with E-state index >= 15 is 0 Å². The average Bonchev–Trinajstić information content (AvgIpc) is 3.08. The minimum atomic E-state index is -0.323. The smallest absolute Gasteiger partial charge is 0.271 e.